The number of hydrogen-bond acceptors (Lipinski definition) is 6. The molecule has 0 saturated carbocycles. The van der Waals surface area contributed by atoms with Crippen LogP contribution in [0.1, 0.15) is 49.8 Å². The van der Waals surface area contributed by atoms with Crippen LogP contribution in [0.25, 0.3) is 6.08 Å². The number of halogens is 1. The Bertz CT molecular complexity index is 1040. The number of hydrogen-bond donors (Lipinski definition) is 1. The fraction of sp³-hybridized carbons (Fsp3) is 0.520. The molecule has 3 heterocycles. The first-order valence-corrected chi connectivity index (χ1v) is 11.9. The largest absolute Gasteiger partial charge is 0.450 e. The molecule has 3 aliphatic rings. The molecule has 3 atom stereocenters. The molecule has 1 fully saturated rings. The Morgan fingerprint density at radius 3 is 2.69 bits per heavy atom. The molecule has 3 amide bonds. The minimum Gasteiger partial charge on any atom is -0.450 e. The highest BCUT2D eigenvalue weighted by Crippen LogP contribution is 2.31. The lowest BCUT2D eigenvalue weighted by Gasteiger charge is -2.28. The third-order valence-corrected chi connectivity index (χ3v) is 6.63. The van der Waals surface area contributed by atoms with Gasteiger partial charge in [0.05, 0.1) is 32.3 Å². The van der Waals surface area contributed by atoms with E-state index in [9.17, 15) is 23.6 Å². The summed E-state index contributed by atoms with van der Waals surface area (Å²) in [7, 11) is 0. The van der Waals surface area contributed by atoms with Gasteiger partial charge >= 0.3 is 12.2 Å². The predicted molar refractivity (Wildman–Crippen MR) is 123 cm³/mol. The molecule has 10 heteroatoms. The van der Waals surface area contributed by atoms with Crippen LogP contribution in [-0.2, 0) is 32.2 Å². The lowest BCUT2D eigenvalue weighted by Crippen LogP contribution is -2.53. The third kappa shape index (κ3) is 5.31. The van der Waals surface area contributed by atoms with E-state index in [1.54, 1.807) is 19.9 Å². The minimum atomic E-state index is -0.894. The Hall–Kier alpha value is -3.43. The minimum absolute atomic E-state index is 0.0249. The van der Waals surface area contributed by atoms with Gasteiger partial charge in [-0.05, 0) is 36.0 Å². The Morgan fingerprint density at radius 2 is 1.94 bits per heavy atom. The van der Waals surface area contributed by atoms with Crippen molar-refractivity contribution in [2.24, 2.45) is 5.92 Å². The molecule has 1 aromatic rings. The van der Waals surface area contributed by atoms with Gasteiger partial charge in [0.1, 0.15) is 24.2 Å². The van der Waals surface area contributed by atoms with Gasteiger partial charge in [0.2, 0.25) is 5.91 Å². The van der Waals surface area contributed by atoms with E-state index < -0.39 is 36.3 Å². The molecular formula is C25H30FN3O6. The fourth-order valence-electron chi connectivity index (χ4n) is 4.71. The third-order valence-electron chi connectivity index (χ3n) is 6.63. The van der Waals surface area contributed by atoms with Crippen LogP contribution in [0.15, 0.2) is 18.2 Å². The number of alkyl carbamates (subject to hydrolysis) is 1. The first-order chi connectivity index (χ1) is 16.8. The molecule has 3 aliphatic heterocycles. The number of ether oxygens (including phenoxy) is 2. The number of fused-ring (bicyclic) bond motifs is 3. The predicted octanol–water partition coefficient (Wildman–Crippen LogP) is 3.00. The van der Waals surface area contributed by atoms with Gasteiger partial charge in [-0.15, -0.1) is 0 Å². The molecule has 1 saturated heterocycles. The van der Waals surface area contributed by atoms with E-state index in [1.165, 1.54) is 15.9 Å². The van der Waals surface area contributed by atoms with E-state index in [2.05, 4.69) is 5.32 Å². The average Bonchev–Trinajstić information content (AvgIpc) is 3.45. The molecule has 1 N–H and O–H groups in total. The zero-order valence-electron chi connectivity index (χ0n) is 19.9. The van der Waals surface area contributed by atoms with Crippen molar-refractivity contribution in [2.75, 3.05) is 13.2 Å². The topological polar surface area (TPSA) is 105 Å². The molecule has 4 rings (SSSR count). The van der Waals surface area contributed by atoms with Crippen molar-refractivity contribution in [1.29, 1.82) is 0 Å². The van der Waals surface area contributed by atoms with Crippen molar-refractivity contribution in [3.63, 3.8) is 0 Å². The van der Waals surface area contributed by atoms with Crippen molar-refractivity contribution in [1.82, 2.24) is 15.1 Å². The fourth-order valence-corrected chi connectivity index (χ4v) is 4.71. The molecule has 188 valence electrons. The normalized spacial score (nSPS) is 26.4. The number of amides is 3. The first-order valence-electron chi connectivity index (χ1n) is 11.9. The van der Waals surface area contributed by atoms with Crippen LogP contribution in [-0.4, -0.2) is 65.5 Å². The Labute approximate surface area is 203 Å². The first kappa shape index (κ1) is 24.7. The summed E-state index contributed by atoms with van der Waals surface area (Å²) >= 11 is 0. The number of nitrogens with zero attached hydrogens (tertiary/aromatic N) is 2. The van der Waals surface area contributed by atoms with Gasteiger partial charge in [-0.3, -0.25) is 9.69 Å². The number of carbonyl (C=O) groups is 4. The number of aldehydes is 1. The Kier molecular flexibility index (Phi) is 7.37. The maximum atomic E-state index is 14.5. The number of carbonyl (C=O) groups excluding carboxylic acids is 4. The Morgan fingerprint density at radius 1 is 1.17 bits per heavy atom. The molecule has 0 radical (unpaired) electrons. The highest BCUT2D eigenvalue weighted by atomic mass is 19.1. The van der Waals surface area contributed by atoms with Crippen LogP contribution in [0.5, 0.6) is 0 Å². The molecule has 9 nitrogen and oxygen atoms in total. The molecule has 0 unspecified atom stereocenters. The summed E-state index contributed by atoms with van der Waals surface area (Å²) in [5, 5.41) is 2.61. The smallest absolute Gasteiger partial charge is 0.410 e. The van der Waals surface area contributed by atoms with Crippen molar-refractivity contribution in [3.05, 3.63) is 40.7 Å². The van der Waals surface area contributed by atoms with E-state index in [0.29, 0.717) is 24.7 Å². The summed E-state index contributed by atoms with van der Waals surface area (Å²) in [6.45, 7) is 4.04. The average molecular weight is 488 g/mol. The summed E-state index contributed by atoms with van der Waals surface area (Å²) in [4.78, 5) is 53.0. The highest BCUT2D eigenvalue weighted by Gasteiger charge is 2.42. The lowest BCUT2D eigenvalue weighted by molar-refractivity contribution is -0.137. The second-order valence-corrected chi connectivity index (χ2v) is 9.43. The summed E-state index contributed by atoms with van der Waals surface area (Å²) in [5.41, 5.74) is 1.99. The van der Waals surface area contributed by atoms with Gasteiger partial charge in [-0.2, -0.15) is 0 Å². The number of allylic oxidation sites excluding steroid dienone is 1. The second kappa shape index (κ2) is 10.5. The Balaban J connectivity index is 1.59. The van der Waals surface area contributed by atoms with E-state index in [0.717, 1.165) is 11.1 Å². The monoisotopic (exact) mass is 487 g/mol. The summed E-state index contributed by atoms with van der Waals surface area (Å²) in [6.07, 6.45) is 3.73. The number of cyclic esters (lactones) is 1. The van der Waals surface area contributed by atoms with Gasteiger partial charge in [-0.25, -0.2) is 14.0 Å². The van der Waals surface area contributed by atoms with Crippen LogP contribution >= 0.6 is 0 Å². The van der Waals surface area contributed by atoms with E-state index in [1.807, 2.05) is 12.2 Å². The summed E-state index contributed by atoms with van der Waals surface area (Å²) < 4.78 is 25.4. The molecule has 0 spiro atoms. The number of benzene rings is 1. The standard InChI is InChI=1S/C25H30FN3O6/c1-15(2)22-23(31)29-11-18(10-17(29)14-30)35-25(33)28-12-19-16(7-8-21(26)20(19)13-28)6-4-3-5-9-34-24(32)27-22/h4,6-8,14-15,17-18,22H,3,5,9-13H2,1-2H3,(H,27,32)/b6-4+/t17-,18+,22-/m0/s1. The van der Waals surface area contributed by atoms with E-state index >= 15 is 0 Å². The maximum Gasteiger partial charge on any atom is 0.410 e. The lowest BCUT2D eigenvalue weighted by atomic mass is 10.0. The van der Waals surface area contributed by atoms with Crippen molar-refractivity contribution < 1.29 is 33.0 Å². The zero-order chi connectivity index (χ0) is 25.1. The molecule has 0 aliphatic carbocycles. The molecule has 35 heavy (non-hydrogen) atoms. The van der Waals surface area contributed by atoms with Gasteiger partial charge in [0.15, 0.2) is 0 Å². The SMILES string of the molecule is CC(C)[C@@H]1NC(=O)OCCC/C=C/c2ccc(F)c3c2CN(C3)C(=O)O[C@@H]2C[C@@H](C=O)N(C2)C1=O. The quantitative estimate of drug-likeness (QED) is 0.643. The van der Waals surface area contributed by atoms with Crippen LogP contribution in [0.4, 0.5) is 14.0 Å². The van der Waals surface area contributed by atoms with Crippen LogP contribution in [0, 0.1) is 11.7 Å². The number of rotatable bonds is 2. The van der Waals surface area contributed by atoms with Crippen molar-refractivity contribution in [2.45, 2.75) is 64.4 Å². The van der Waals surface area contributed by atoms with E-state index in [4.69, 9.17) is 9.47 Å². The zero-order valence-corrected chi connectivity index (χ0v) is 19.9. The van der Waals surface area contributed by atoms with Crippen LogP contribution < -0.4 is 5.32 Å². The maximum absolute atomic E-state index is 14.5. The molecule has 1 aromatic carbocycles. The molecule has 4 bridgehead atoms. The van der Waals surface area contributed by atoms with Gasteiger partial charge in [0.25, 0.3) is 0 Å². The number of nitrogens with one attached hydrogen (secondary N) is 1. The van der Waals surface area contributed by atoms with Gasteiger partial charge in [-0.1, -0.05) is 32.1 Å². The van der Waals surface area contributed by atoms with E-state index in [-0.39, 0.29) is 44.4 Å². The van der Waals surface area contributed by atoms with Crippen LogP contribution in [0.2, 0.25) is 0 Å². The van der Waals surface area contributed by atoms with Crippen LogP contribution in [0.3, 0.4) is 0 Å². The van der Waals surface area contributed by atoms with Gasteiger partial charge < -0.3 is 24.5 Å². The molecular weight excluding hydrogens is 457 g/mol. The summed E-state index contributed by atoms with van der Waals surface area (Å²) in [5.74, 6) is -1.08. The summed E-state index contributed by atoms with van der Waals surface area (Å²) in [6, 6.07) is 1.38. The molecule has 0 aromatic heterocycles. The highest BCUT2D eigenvalue weighted by molar-refractivity contribution is 5.88. The second-order valence-electron chi connectivity index (χ2n) is 9.43. The van der Waals surface area contributed by atoms with Crippen molar-refractivity contribution >= 4 is 30.5 Å². The van der Waals surface area contributed by atoms with Gasteiger partial charge in [0, 0.05) is 12.0 Å². The van der Waals surface area contributed by atoms with Crippen molar-refractivity contribution in [3.8, 4) is 0 Å².